The Labute approximate surface area is 97.2 Å². The quantitative estimate of drug-likeness (QED) is 0.553. The third-order valence-corrected chi connectivity index (χ3v) is 4.47. The molecule has 90 valence electrons. The largest absolute Gasteiger partial charge is 0.0996 e. The van der Waals surface area contributed by atoms with Gasteiger partial charge in [-0.2, -0.15) is 0 Å². The molecular formula is C15H30. The topological polar surface area (TPSA) is 0 Å². The van der Waals surface area contributed by atoms with Gasteiger partial charge in [-0.25, -0.2) is 0 Å². The summed E-state index contributed by atoms with van der Waals surface area (Å²) in [5.74, 6) is 1.51. The van der Waals surface area contributed by atoms with Crippen LogP contribution < -0.4 is 0 Å². The van der Waals surface area contributed by atoms with Gasteiger partial charge in [0.1, 0.15) is 0 Å². The Bertz CT molecular complexity index is 217. The van der Waals surface area contributed by atoms with Crippen molar-refractivity contribution in [2.24, 2.45) is 22.7 Å². The molecule has 0 radical (unpaired) electrons. The second-order valence-corrected chi connectivity index (χ2v) is 6.79. The van der Waals surface area contributed by atoms with Crippen LogP contribution in [0.5, 0.6) is 0 Å². The summed E-state index contributed by atoms with van der Waals surface area (Å²) < 4.78 is 0. The first-order valence-corrected chi connectivity index (χ1v) is 6.18. The summed E-state index contributed by atoms with van der Waals surface area (Å²) in [6.45, 7) is 22.7. The van der Waals surface area contributed by atoms with Crippen molar-refractivity contribution in [2.75, 3.05) is 0 Å². The lowest BCUT2D eigenvalue weighted by Crippen LogP contribution is -2.36. The smallest absolute Gasteiger partial charge is 0.00707 e. The van der Waals surface area contributed by atoms with Crippen molar-refractivity contribution >= 4 is 0 Å². The Morgan fingerprint density at radius 3 is 1.67 bits per heavy atom. The molecule has 0 aliphatic rings. The Hall–Kier alpha value is -0.260. The van der Waals surface area contributed by atoms with Gasteiger partial charge in [0.2, 0.25) is 0 Å². The first-order valence-electron chi connectivity index (χ1n) is 6.18. The third-order valence-electron chi connectivity index (χ3n) is 4.47. The fourth-order valence-corrected chi connectivity index (χ4v) is 2.00. The van der Waals surface area contributed by atoms with Crippen LogP contribution in [0.1, 0.15) is 61.8 Å². The fraction of sp³-hybridized carbons (Fsp3) is 0.867. The maximum Gasteiger partial charge on any atom is -0.00707 e. The lowest BCUT2D eigenvalue weighted by atomic mass is 9.60. The molecule has 0 aromatic heterocycles. The number of hydrogen-bond donors (Lipinski definition) is 0. The second kappa shape index (κ2) is 4.72. The normalized spacial score (nSPS) is 18.7. The Morgan fingerprint density at radius 2 is 1.47 bits per heavy atom. The van der Waals surface area contributed by atoms with Crippen molar-refractivity contribution in [1.82, 2.24) is 0 Å². The van der Waals surface area contributed by atoms with E-state index >= 15 is 0 Å². The van der Waals surface area contributed by atoms with Crippen molar-refractivity contribution in [2.45, 2.75) is 61.8 Å². The van der Waals surface area contributed by atoms with Gasteiger partial charge >= 0.3 is 0 Å². The Morgan fingerprint density at radius 1 is 1.07 bits per heavy atom. The summed E-state index contributed by atoms with van der Waals surface area (Å²) in [5.41, 5.74) is 1.86. The van der Waals surface area contributed by atoms with E-state index in [1.165, 1.54) is 12.0 Å². The van der Waals surface area contributed by atoms with Gasteiger partial charge in [0.05, 0.1) is 0 Å². The Kier molecular flexibility index (Phi) is 4.64. The van der Waals surface area contributed by atoms with Crippen LogP contribution in [0.2, 0.25) is 0 Å². The molecule has 2 atom stereocenters. The molecule has 15 heavy (non-hydrogen) atoms. The molecule has 0 nitrogen and oxygen atoms in total. The zero-order valence-electron chi connectivity index (χ0n) is 12.1. The summed E-state index contributed by atoms with van der Waals surface area (Å²) in [6, 6.07) is 0. The predicted octanol–water partition coefficient (Wildman–Crippen LogP) is 5.30. The van der Waals surface area contributed by atoms with Gasteiger partial charge in [0.15, 0.2) is 0 Å². The minimum absolute atomic E-state index is 0.247. The van der Waals surface area contributed by atoms with E-state index in [4.69, 9.17) is 0 Å². The molecule has 0 heteroatoms. The van der Waals surface area contributed by atoms with Crippen LogP contribution in [-0.4, -0.2) is 0 Å². The number of hydrogen-bond acceptors (Lipinski definition) is 0. The first kappa shape index (κ1) is 14.7. The summed E-state index contributed by atoms with van der Waals surface area (Å²) in [7, 11) is 0. The summed E-state index contributed by atoms with van der Waals surface area (Å²) >= 11 is 0. The van der Waals surface area contributed by atoms with Crippen molar-refractivity contribution < 1.29 is 0 Å². The van der Waals surface area contributed by atoms with Crippen LogP contribution in [0.3, 0.4) is 0 Å². The molecular weight excluding hydrogens is 180 g/mol. The van der Waals surface area contributed by atoms with Gasteiger partial charge in [0.25, 0.3) is 0 Å². The van der Waals surface area contributed by atoms with Gasteiger partial charge in [-0.15, -0.1) is 0 Å². The van der Waals surface area contributed by atoms with Crippen molar-refractivity contribution in [3.05, 3.63) is 12.2 Å². The van der Waals surface area contributed by atoms with Gasteiger partial charge in [-0.3, -0.25) is 0 Å². The van der Waals surface area contributed by atoms with Crippen LogP contribution in [0.25, 0.3) is 0 Å². The van der Waals surface area contributed by atoms with Crippen LogP contribution in [0.4, 0.5) is 0 Å². The first-order chi connectivity index (χ1) is 6.52. The summed E-state index contributed by atoms with van der Waals surface area (Å²) in [4.78, 5) is 0. The summed E-state index contributed by atoms with van der Waals surface area (Å²) in [5, 5.41) is 0. The summed E-state index contributed by atoms with van der Waals surface area (Å²) in [6.07, 6.45) is 1.24. The number of rotatable bonds is 4. The van der Waals surface area contributed by atoms with E-state index in [0.717, 1.165) is 11.8 Å². The molecule has 0 heterocycles. The molecule has 0 N–H and O–H groups in total. The van der Waals surface area contributed by atoms with Gasteiger partial charge in [-0.05, 0) is 36.0 Å². The highest BCUT2D eigenvalue weighted by Crippen LogP contribution is 2.48. The van der Waals surface area contributed by atoms with E-state index in [9.17, 15) is 0 Å². The van der Waals surface area contributed by atoms with Gasteiger partial charge in [-0.1, -0.05) is 60.6 Å². The molecule has 0 saturated heterocycles. The second-order valence-electron chi connectivity index (χ2n) is 6.79. The van der Waals surface area contributed by atoms with E-state index in [0.29, 0.717) is 5.41 Å². The van der Waals surface area contributed by atoms with Gasteiger partial charge in [0, 0.05) is 0 Å². The molecule has 0 rings (SSSR count). The highest BCUT2D eigenvalue weighted by atomic mass is 14.4. The molecule has 0 aromatic carbocycles. The average Bonchev–Trinajstić information content (AvgIpc) is 2.01. The van der Waals surface area contributed by atoms with E-state index in [-0.39, 0.29) is 5.41 Å². The van der Waals surface area contributed by atoms with Gasteiger partial charge < -0.3 is 0 Å². The predicted molar refractivity (Wildman–Crippen MR) is 71.0 cm³/mol. The van der Waals surface area contributed by atoms with Crippen molar-refractivity contribution in [3.8, 4) is 0 Å². The number of allylic oxidation sites excluding steroid dienone is 1. The average molecular weight is 210 g/mol. The third kappa shape index (κ3) is 3.36. The molecule has 0 fully saturated rings. The molecule has 0 spiro atoms. The maximum absolute atomic E-state index is 4.21. The Balaban J connectivity index is 4.92. The minimum Gasteiger partial charge on any atom is -0.0996 e. The highest BCUT2D eigenvalue weighted by Gasteiger charge is 2.39. The van der Waals surface area contributed by atoms with Crippen LogP contribution in [0, 0.1) is 22.7 Å². The van der Waals surface area contributed by atoms with E-state index in [2.05, 4.69) is 62.0 Å². The molecule has 0 bridgehead atoms. The lowest BCUT2D eigenvalue weighted by molar-refractivity contribution is 0.107. The van der Waals surface area contributed by atoms with Crippen LogP contribution in [-0.2, 0) is 0 Å². The fourth-order valence-electron chi connectivity index (χ4n) is 2.00. The molecule has 0 saturated carbocycles. The zero-order chi connectivity index (χ0) is 12.4. The SMILES string of the molecule is C=C(C)C(C)(CC(C)C(C)C)C(C)(C)C. The highest BCUT2D eigenvalue weighted by molar-refractivity contribution is 5.11. The molecule has 0 aromatic rings. The standard InChI is InChI=1S/C15H30/c1-11(2)13(5)10-15(9,12(3)4)14(6,7)8/h11,13H,3,10H2,1-2,4-9H3. The van der Waals surface area contributed by atoms with E-state index in [1.807, 2.05) is 0 Å². The molecule has 0 aliphatic carbocycles. The van der Waals surface area contributed by atoms with E-state index < -0.39 is 0 Å². The van der Waals surface area contributed by atoms with Crippen LogP contribution in [0.15, 0.2) is 12.2 Å². The van der Waals surface area contributed by atoms with Crippen molar-refractivity contribution in [3.63, 3.8) is 0 Å². The molecule has 2 unspecified atom stereocenters. The minimum atomic E-state index is 0.247. The molecule has 0 amide bonds. The lowest BCUT2D eigenvalue weighted by Gasteiger charge is -2.45. The monoisotopic (exact) mass is 210 g/mol. The molecule has 0 aliphatic heterocycles. The van der Waals surface area contributed by atoms with Crippen LogP contribution >= 0.6 is 0 Å². The maximum atomic E-state index is 4.21. The van der Waals surface area contributed by atoms with Crippen molar-refractivity contribution in [1.29, 1.82) is 0 Å². The van der Waals surface area contributed by atoms with E-state index in [1.54, 1.807) is 0 Å². The zero-order valence-corrected chi connectivity index (χ0v) is 12.1.